The number of anilines is 2. The zero-order valence-corrected chi connectivity index (χ0v) is 20.2. The Morgan fingerprint density at radius 2 is 1.86 bits per heavy atom. The second-order valence-electron chi connectivity index (χ2n) is 9.55. The average molecular weight is 478 g/mol. The molecule has 3 aliphatic heterocycles. The highest BCUT2D eigenvalue weighted by molar-refractivity contribution is 5.90. The molecule has 0 saturated carbocycles. The van der Waals surface area contributed by atoms with Gasteiger partial charge in [-0.05, 0) is 50.1 Å². The number of aliphatic hydroxyl groups is 1. The molecule has 6 rings (SSSR count). The highest BCUT2D eigenvalue weighted by Gasteiger charge is 2.39. The van der Waals surface area contributed by atoms with Crippen molar-refractivity contribution in [2.75, 3.05) is 49.9 Å². The van der Waals surface area contributed by atoms with Gasteiger partial charge in [0.05, 0.1) is 69.3 Å². The Kier molecular flexibility index (Phi) is 5.91. The summed E-state index contributed by atoms with van der Waals surface area (Å²) in [6.07, 6.45) is 2.19. The van der Waals surface area contributed by atoms with Crippen molar-refractivity contribution >= 4 is 22.8 Å². The van der Waals surface area contributed by atoms with Gasteiger partial charge >= 0.3 is 0 Å². The number of methoxy groups -OCH3 is 1. The maximum atomic E-state index is 9.78. The van der Waals surface area contributed by atoms with Crippen molar-refractivity contribution in [1.29, 1.82) is 0 Å². The van der Waals surface area contributed by atoms with Gasteiger partial charge in [0, 0.05) is 17.7 Å². The normalized spacial score (nSPS) is 24.3. The van der Waals surface area contributed by atoms with Crippen molar-refractivity contribution in [1.82, 2.24) is 15.0 Å². The fourth-order valence-electron chi connectivity index (χ4n) is 5.54. The number of nitrogens with zero attached hydrogens (tertiary/aromatic N) is 5. The summed E-state index contributed by atoms with van der Waals surface area (Å²) >= 11 is 0. The predicted molar refractivity (Wildman–Crippen MR) is 133 cm³/mol. The number of ether oxygens (including phenoxy) is 3. The summed E-state index contributed by atoms with van der Waals surface area (Å²) in [7, 11) is 1.60. The maximum absolute atomic E-state index is 9.78. The van der Waals surface area contributed by atoms with E-state index in [1.165, 1.54) is 0 Å². The van der Waals surface area contributed by atoms with Gasteiger partial charge in [-0.25, -0.2) is 4.98 Å². The third-order valence-electron chi connectivity index (χ3n) is 7.39. The van der Waals surface area contributed by atoms with Crippen molar-refractivity contribution in [3.05, 3.63) is 35.9 Å². The third-order valence-corrected chi connectivity index (χ3v) is 7.39. The van der Waals surface area contributed by atoms with Gasteiger partial charge < -0.3 is 29.1 Å². The van der Waals surface area contributed by atoms with Crippen molar-refractivity contribution in [3.63, 3.8) is 0 Å². The molecule has 3 fully saturated rings. The Morgan fingerprint density at radius 3 is 2.60 bits per heavy atom. The summed E-state index contributed by atoms with van der Waals surface area (Å²) < 4.78 is 16.9. The molecule has 3 aromatic rings. The van der Waals surface area contributed by atoms with Crippen LogP contribution in [0, 0.1) is 0 Å². The predicted octanol–water partition coefficient (Wildman–Crippen LogP) is 2.79. The second kappa shape index (κ2) is 9.22. The molecule has 3 atom stereocenters. The van der Waals surface area contributed by atoms with Crippen molar-refractivity contribution in [2.45, 2.75) is 44.5 Å². The lowest BCUT2D eigenvalue weighted by Gasteiger charge is -2.37. The van der Waals surface area contributed by atoms with Gasteiger partial charge in [-0.2, -0.15) is 9.97 Å². The molecule has 2 bridgehead atoms. The molecular weight excluding hydrogens is 446 g/mol. The van der Waals surface area contributed by atoms with Gasteiger partial charge in [0.2, 0.25) is 5.95 Å². The fourth-order valence-corrected chi connectivity index (χ4v) is 5.54. The van der Waals surface area contributed by atoms with Crippen LogP contribution in [-0.2, 0) is 16.1 Å². The molecule has 2 aromatic heterocycles. The summed E-state index contributed by atoms with van der Waals surface area (Å²) in [5, 5.41) is 10.7. The first kappa shape index (κ1) is 22.5. The molecule has 3 saturated heterocycles. The lowest BCUT2D eigenvalue weighted by Crippen LogP contribution is -2.47. The molecule has 1 N–H and O–H groups in total. The Labute approximate surface area is 204 Å². The van der Waals surface area contributed by atoms with E-state index in [-0.39, 0.29) is 12.6 Å². The Balaban J connectivity index is 1.49. The molecule has 1 aromatic carbocycles. The van der Waals surface area contributed by atoms with Crippen LogP contribution in [0.15, 0.2) is 30.3 Å². The van der Waals surface area contributed by atoms with Crippen LogP contribution >= 0.6 is 0 Å². The lowest BCUT2D eigenvalue weighted by atomic mass is 10.1. The van der Waals surface area contributed by atoms with Crippen LogP contribution in [0.3, 0.4) is 0 Å². The topological polar surface area (TPSA) is 93.1 Å². The minimum Gasteiger partial charge on any atom is -0.496 e. The van der Waals surface area contributed by atoms with Crippen LogP contribution in [0.4, 0.5) is 11.8 Å². The summed E-state index contributed by atoms with van der Waals surface area (Å²) in [6, 6.07) is 10.6. The molecule has 0 unspecified atom stereocenters. The molecule has 5 heterocycles. The highest BCUT2D eigenvalue weighted by Crippen LogP contribution is 2.36. The summed E-state index contributed by atoms with van der Waals surface area (Å²) in [5.41, 5.74) is 3.10. The van der Waals surface area contributed by atoms with Crippen LogP contribution in [0.25, 0.3) is 22.3 Å². The SMILES string of the molecule is COc1ccc(-c2ccc3c(N4CCOC[C@@H]4C)nc(N4[C@@H]5CC[C@H]4COC5)nc3n2)cc1CO. The molecule has 0 aliphatic carbocycles. The fraction of sp³-hybridized carbons (Fsp3) is 0.500. The van der Waals surface area contributed by atoms with Crippen LogP contribution in [-0.4, -0.2) is 78.3 Å². The molecule has 3 aliphatic rings. The van der Waals surface area contributed by atoms with Gasteiger partial charge in [0.25, 0.3) is 0 Å². The van der Waals surface area contributed by atoms with Crippen molar-refractivity contribution in [3.8, 4) is 17.0 Å². The summed E-state index contributed by atoms with van der Waals surface area (Å²) in [5.74, 6) is 2.31. The first-order valence-electron chi connectivity index (χ1n) is 12.3. The van der Waals surface area contributed by atoms with E-state index in [0.717, 1.165) is 53.4 Å². The minimum atomic E-state index is -0.101. The van der Waals surface area contributed by atoms with Crippen LogP contribution in [0.5, 0.6) is 5.75 Å². The van der Waals surface area contributed by atoms with E-state index in [2.05, 4.69) is 22.8 Å². The molecule has 9 heteroatoms. The van der Waals surface area contributed by atoms with E-state index in [4.69, 9.17) is 29.2 Å². The minimum absolute atomic E-state index is 0.101. The quantitative estimate of drug-likeness (QED) is 0.595. The first-order valence-corrected chi connectivity index (χ1v) is 12.3. The van der Waals surface area contributed by atoms with Crippen LogP contribution < -0.4 is 14.5 Å². The smallest absolute Gasteiger partial charge is 0.230 e. The third kappa shape index (κ3) is 3.97. The Morgan fingerprint density at radius 1 is 1.03 bits per heavy atom. The van der Waals surface area contributed by atoms with Gasteiger partial charge in [-0.1, -0.05) is 0 Å². The number of pyridine rings is 1. The molecular formula is C26H31N5O4. The number of rotatable bonds is 5. The molecule has 0 amide bonds. The number of fused-ring (bicyclic) bond motifs is 3. The second-order valence-corrected chi connectivity index (χ2v) is 9.55. The van der Waals surface area contributed by atoms with Crippen LogP contribution in [0.1, 0.15) is 25.3 Å². The largest absolute Gasteiger partial charge is 0.496 e. The number of aliphatic hydroxyl groups excluding tert-OH is 1. The van der Waals surface area contributed by atoms with E-state index >= 15 is 0 Å². The average Bonchev–Trinajstić information content (AvgIpc) is 3.15. The van der Waals surface area contributed by atoms with E-state index in [1.54, 1.807) is 7.11 Å². The number of hydrogen-bond acceptors (Lipinski definition) is 9. The molecule has 0 spiro atoms. The number of morpholine rings is 2. The van der Waals surface area contributed by atoms with Gasteiger partial charge in [-0.15, -0.1) is 0 Å². The lowest BCUT2D eigenvalue weighted by molar-refractivity contribution is 0.0896. The first-order chi connectivity index (χ1) is 17.2. The number of aromatic nitrogens is 3. The summed E-state index contributed by atoms with van der Waals surface area (Å²) in [6.45, 7) is 5.62. The number of benzene rings is 1. The zero-order valence-electron chi connectivity index (χ0n) is 20.2. The monoisotopic (exact) mass is 477 g/mol. The Hall–Kier alpha value is -3.01. The van der Waals surface area contributed by atoms with Gasteiger partial charge in [0.1, 0.15) is 11.6 Å². The maximum Gasteiger partial charge on any atom is 0.230 e. The zero-order chi connectivity index (χ0) is 23.9. The highest BCUT2D eigenvalue weighted by atomic mass is 16.5. The molecule has 0 radical (unpaired) electrons. The molecule has 35 heavy (non-hydrogen) atoms. The standard InChI is InChI=1S/C26H31N5O4/c1-16-13-34-10-9-30(16)25-21-6-7-22(17-3-8-23(33-2)18(11-17)12-32)27-24(21)28-26(29-25)31-19-4-5-20(31)15-35-14-19/h3,6-8,11,16,19-20,32H,4-5,9-10,12-15H2,1-2H3/t16-,19-,20+/m0/s1. The van der Waals surface area contributed by atoms with Gasteiger partial charge in [0.15, 0.2) is 5.65 Å². The van der Waals surface area contributed by atoms with E-state index in [1.807, 2.05) is 24.3 Å². The van der Waals surface area contributed by atoms with Crippen molar-refractivity contribution in [2.24, 2.45) is 0 Å². The number of hydrogen-bond donors (Lipinski definition) is 1. The van der Waals surface area contributed by atoms with E-state index in [0.29, 0.717) is 49.9 Å². The molecule has 9 nitrogen and oxygen atoms in total. The van der Waals surface area contributed by atoms with E-state index < -0.39 is 0 Å². The van der Waals surface area contributed by atoms with E-state index in [9.17, 15) is 5.11 Å². The Bertz CT molecular complexity index is 1220. The van der Waals surface area contributed by atoms with Crippen LogP contribution in [0.2, 0.25) is 0 Å². The van der Waals surface area contributed by atoms with Crippen molar-refractivity contribution < 1.29 is 19.3 Å². The van der Waals surface area contributed by atoms with Gasteiger partial charge in [-0.3, -0.25) is 0 Å². The summed E-state index contributed by atoms with van der Waals surface area (Å²) in [4.78, 5) is 19.8. The molecule has 184 valence electrons.